The van der Waals surface area contributed by atoms with Crippen molar-refractivity contribution in [2.24, 2.45) is 0 Å². The van der Waals surface area contributed by atoms with Crippen molar-refractivity contribution >= 4 is 15.2 Å². The predicted molar refractivity (Wildman–Crippen MR) is 53.9 cm³/mol. The molecule has 0 aliphatic rings. The third kappa shape index (κ3) is 7.80. The summed E-state index contributed by atoms with van der Waals surface area (Å²) in [6, 6.07) is 0. The zero-order valence-electron chi connectivity index (χ0n) is 7.32. The molecule has 0 rings (SSSR count). The van der Waals surface area contributed by atoms with Crippen LogP contribution in [0.3, 0.4) is 0 Å². The van der Waals surface area contributed by atoms with E-state index in [1.54, 1.807) is 0 Å². The summed E-state index contributed by atoms with van der Waals surface area (Å²) in [6.45, 7) is 2.21. The molecule has 2 nitrogen and oxygen atoms in total. The minimum absolute atomic E-state index is 0.631. The average molecular weight is 174 g/mol. The molecule has 0 saturated heterocycles. The quantitative estimate of drug-likeness (QED) is 0.276. The molecule has 0 aliphatic carbocycles. The van der Waals surface area contributed by atoms with E-state index < -0.39 is 0 Å². The van der Waals surface area contributed by atoms with Crippen LogP contribution in [-0.4, -0.2) is 5.84 Å². The Bertz CT molecular complexity index is 104. The highest BCUT2D eigenvalue weighted by Gasteiger charge is 1.92. The van der Waals surface area contributed by atoms with Gasteiger partial charge in [-0.25, -0.2) is 0 Å². The van der Waals surface area contributed by atoms with Crippen molar-refractivity contribution in [2.45, 2.75) is 45.4 Å². The largest absolute Gasteiger partial charge is 0.359 e. The Morgan fingerprint density at radius 3 is 2.45 bits per heavy atom. The van der Waals surface area contributed by atoms with Crippen LogP contribution in [0, 0.1) is 5.41 Å². The Labute approximate surface area is 71.9 Å². The van der Waals surface area contributed by atoms with Gasteiger partial charge in [-0.3, -0.25) is 5.41 Å². The van der Waals surface area contributed by atoms with Gasteiger partial charge in [-0.15, -0.1) is 0 Å². The van der Waals surface area contributed by atoms with Crippen molar-refractivity contribution < 1.29 is 0 Å². The monoisotopic (exact) mass is 174 g/mol. The fraction of sp³-hybridized carbons (Fsp3) is 0.875. The molecule has 66 valence electrons. The van der Waals surface area contributed by atoms with Crippen LogP contribution in [-0.2, 0) is 0 Å². The van der Waals surface area contributed by atoms with E-state index in [9.17, 15) is 0 Å². The minimum atomic E-state index is 0.631. The zero-order valence-corrected chi connectivity index (χ0v) is 8.47. The van der Waals surface area contributed by atoms with Gasteiger partial charge >= 0.3 is 0 Å². The SMILES string of the molecule is CCCCCCCC(=N)NP. The summed E-state index contributed by atoms with van der Waals surface area (Å²) in [7, 11) is 2.35. The van der Waals surface area contributed by atoms with Crippen LogP contribution in [0.5, 0.6) is 0 Å². The topological polar surface area (TPSA) is 35.9 Å². The van der Waals surface area contributed by atoms with Crippen LogP contribution in [0.25, 0.3) is 0 Å². The first kappa shape index (κ1) is 10.9. The summed E-state index contributed by atoms with van der Waals surface area (Å²) in [4.78, 5) is 0. The van der Waals surface area contributed by atoms with Gasteiger partial charge in [-0.05, 0) is 15.8 Å². The predicted octanol–water partition coefficient (Wildman–Crippen LogP) is 2.70. The Hall–Kier alpha value is -0.100. The Morgan fingerprint density at radius 2 is 1.91 bits per heavy atom. The molecule has 11 heavy (non-hydrogen) atoms. The molecule has 0 heterocycles. The third-order valence-electron chi connectivity index (χ3n) is 1.70. The van der Waals surface area contributed by atoms with Crippen LogP contribution in [0.1, 0.15) is 45.4 Å². The highest BCUT2D eigenvalue weighted by molar-refractivity contribution is 7.15. The number of unbranched alkanes of at least 4 members (excludes halogenated alkanes) is 4. The van der Waals surface area contributed by atoms with Gasteiger partial charge in [0.25, 0.3) is 0 Å². The van der Waals surface area contributed by atoms with E-state index in [0.717, 1.165) is 12.8 Å². The van der Waals surface area contributed by atoms with Crippen LogP contribution >= 0.6 is 9.39 Å². The van der Waals surface area contributed by atoms with Crippen molar-refractivity contribution in [3.8, 4) is 0 Å². The lowest BCUT2D eigenvalue weighted by molar-refractivity contribution is 0.641. The standard InChI is InChI=1S/C8H19N2P/c1-2-3-4-5-6-7-8(9)10-11/h2-7,11H2,1H3,(H2,9,10). The maximum absolute atomic E-state index is 7.29. The summed E-state index contributed by atoms with van der Waals surface area (Å²) in [5.74, 6) is 0.631. The summed E-state index contributed by atoms with van der Waals surface area (Å²) < 4.78 is 0. The molecule has 0 radical (unpaired) electrons. The molecule has 1 unspecified atom stereocenters. The van der Waals surface area contributed by atoms with Crippen LogP contribution in [0.4, 0.5) is 0 Å². The Balaban J connectivity index is 2.95. The highest BCUT2D eigenvalue weighted by atomic mass is 31.0. The smallest absolute Gasteiger partial charge is 0.0960 e. The highest BCUT2D eigenvalue weighted by Crippen LogP contribution is 2.04. The van der Waals surface area contributed by atoms with Gasteiger partial charge in [0.2, 0.25) is 0 Å². The minimum Gasteiger partial charge on any atom is -0.359 e. The van der Waals surface area contributed by atoms with E-state index in [0.29, 0.717) is 5.84 Å². The molecule has 2 N–H and O–H groups in total. The summed E-state index contributed by atoms with van der Waals surface area (Å²) in [5, 5.41) is 10.0. The molecule has 0 amide bonds. The lowest BCUT2D eigenvalue weighted by Gasteiger charge is -2.01. The molecule has 0 fully saturated rings. The lowest BCUT2D eigenvalue weighted by atomic mass is 10.1. The number of rotatable bonds is 6. The van der Waals surface area contributed by atoms with Gasteiger partial charge in [0.15, 0.2) is 0 Å². The molecule has 0 spiro atoms. The number of hydrogen-bond acceptors (Lipinski definition) is 1. The first-order valence-corrected chi connectivity index (χ1v) is 4.93. The fourth-order valence-corrected chi connectivity index (χ4v) is 1.12. The Kier molecular flexibility index (Phi) is 7.93. The molecule has 3 heteroatoms. The molecule has 1 atom stereocenters. The van der Waals surface area contributed by atoms with Gasteiger partial charge in [0.1, 0.15) is 0 Å². The second kappa shape index (κ2) is 8.00. The van der Waals surface area contributed by atoms with Gasteiger partial charge in [-0.2, -0.15) is 0 Å². The van der Waals surface area contributed by atoms with E-state index >= 15 is 0 Å². The number of nitrogens with one attached hydrogen (secondary N) is 2. The van der Waals surface area contributed by atoms with Crippen LogP contribution in [0.15, 0.2) is 0 Å². The van der Waals surface area contributed by atoms with E-state index in [2.05, 4.69) is 21.4 Å². The molecule has 0 aromatic rings. The van der Waals surface area contributed by atoms with E-state index in [1.165, 1.54) is 25.7 Å². The fourth-order valence-electron chi connectivity index (χ4n) is 0.977. The Morgan fingerprint density at radius 1 is 1.27 bits per heavy atom. The molecule has 0 bridgehead atoms. The van der Waals surface area contributed by atoms with E-state index in [1.807, 2.05) is 0 Å². The van der Waals surface area contributed by atoms with Crippen LogP contribution in [0.2, 0.25) is 0 Å². The summed E-state index contributed by atoms with van der Waals surface area (Å²) in [5.41, 5.74) is 0. The van der Waals surface area contributed by atoms with Crippen molar-refractivity contribution in [1.82, 2.24) is 5.09 Å². The third-order valence-corrected chi connectivity index (χ3v) is 2.05. The van der Waals surface area contributed by atoms with Gasteiger partial charge in [0, 0.05) is 6.42 Å². The van der Waals surface area contributed by atoms with Crippen molar-refractivity contribution in [3.63, 3.8) is 0 Å². The second-order valence-corrected chi connectivity index (χ2v) is 3.08. The second-order valence-electron chi connectivity index (χ2n) is 2.79. The zero-order chi connectivity index (χ0) is 8.53. The van der Waals surface area contributed by atoms with Crippen molar-refractivity contribution in [1.29, 1.82) is 5.41 Å². The maximum atomic E-state index is 7.29. The number of amidine groups is 1. The van der Waals surface area contributed by atoms with E-state index in [4.69, 9.17) is 5.41 Å². The number of hydrogen-bond donors (Lipinski definition) is 2. The molecular formula is C8H19N2P. The van der Waals surface area contributed by atoms with Crippen molar-refractivity contribution in [3.05, 3.63) is 0 Å². The normalized spacial score (nSPS) is 9.64. The maximum Gasteiger partial charge on any atom is 0.0960 e. The van der Waals surface area contributed by atoms with Gasteiger partial charge in [-0.1, -0.05) is 32.6 Å². The van der Waals surface area contributed by atoms with Gasteiger partial charge < -0.3 is 5.09 Å². The van der Waals surface area contributed by atoms with E-state index in [-0.39, 0.29) is 0 Å². The average Bonchev–Trinajstić information content (AvgIpc) is 2.04. The van der Waals surface area contributed by atoms with Gasteiger partial charge in [0.05, 0.1) is 5.84 Å². The molecule has 0 saturated carbocycles. The molecule has 0 aromatic carbocycles. The first-order chi connectivity index (χ1) is 5.31. The van der Waals surface area contributed by atoms with Crippen molar-refractivity contribution in [2.75, 3.05) is 0 Å². The summed E-state index contributed by atoms with van der Waals surface area (Å²) >= 11 is 0. The molecule has 0 aliphatic heterocycles. The van der Waals surface area contributed by atoms with Crippen LogP contribution < -0.4 is 5.09 Å². The lowest BCUT2D eigenvalue weighted by Crippen LogP contribution is -2.09. The molecule has 0 aromatic heterocycles. The first-order valence-electron chi connectivity index (χ1n) is 4.35. The summed E-state index contributed by atoms with van der Waals surface area (Å²) in [6.07, 6.45) is 7.26. The molecular weight excluding hydrogens is 155 g/mol.